The van der Waals surface area contributed by atoms with Gasteiger partial charge in [0.2, 0.25) is 5.89 Å². The van der Waals surface area contributed by atoms with Gasteiger partial charge in [-0.25, -0.2) is 0 Å². The molecule has 1 N–H and O–H groups in total. The molecule has 0 saturated heterocycles. The number of carbonyl (C=O) groups is 1. The van der Waals surface area contributed by atoms with Crippen LogP contribution < -0.4 is 10.9 Å². The zero-order valence-corrected chi connectivity index (χ0v) is 16.4. The van der Waals surface area contributed by atoms with Gasteiger partial charge in [0.25, 0.3) is 11.5 Å². The first-order valence-electron chi connectivity index (χ1n) is 9.94. The molecule has 3 aromatic rings. The molecule has 0 bridgehead atoms. The van der Waals surface area contributed by atoms with E-state index in [0.717, 1.165) is 37.7 Å². The lowest BCUT2D eigenvalue weighted by Gasteiger charge is -2.35. The molecule has 1 saturated carbocycles. The van der Waals surface area contributed by atoms with Gasteiger partial charge in [-0.3, -0.25) is 9.59 Å². The average molecular weight is 392 g/mol. The first-order valence-corrected chi connectivity index (χ1v) is 9.94. The molecule has 1 aliphatic rings. The number of nitrogens with one attached hydrogen (secondary N) is 1. The molecule has 0 radical (unpaired) electrons. The van der Waals surface area contributed by atoms with E-state index in [2.05, 4.69) is 15.5 Å². The van der Waals surface area contributed by atoms with Crippen LogP contribution in [0.1, 0.15) is 59.7 Å². The molecular formula is C22H24N4O3. The molecule has 0 unspecified atom stereocenters. The Morgan fingerprint density at radius 3 is 2.59 bits per heavy atom. The van der Waals surface area contributed by atoms with Crippen LogP contribution in [-0.4, -0.2) is 20.6 Å². The fraction of sp³-hybridized carbons (Fsp3) is 0.364. The maximum absolute atomic E-state index is 13.1. The minimum absolute atomic E-state index is 0.119. The molecule has 0 spiro atoms. The summed E-state index contributed by atoms with van der Waals surface area (Å²) in [5.74, 6) is 0.550. The zero-order valence-electron chi connectivity index (χ0n) is 16.4. The van der Waals surface area contributed by atoms with Crippen LogP contribution in [0.15, 0.2) is 58.0 Å². The number of amides is 1. The lowest BCUT2D eigenvalue weighted by molar-refractivity contribution is 0.0853. The maximum Gasteiger partial charge on any atom is 0.263 e. The number of hydrogen-bond donors (Lipinski definition) is 1. The molecule has 0 aliphatic heterocycles. The second-order valence-corrected chi connectivity index (χ2v) is 7.57. The van der Waals surface area contributed by atoms with E-state index in [9.17, 15) is 9.59 Å². The van der Waals surface area contributed by atoms with Crippen molar-refractivity contribution in [2.75, 3.05) is 0 Å². The third-order valence-electron chi connectivity index (χ3n) is 5.48. The highest BCUT2D eigenvalue weighted by molar-refractivity contribution is 5.94. The van der Waals surface area contributed by atoms with Crippen LogP contribution in [0.25, 0.3) is 0 Å². The summed E-state index contributed by atoms with van der Waals surface area (Å²) in [6.45, 7) is 2.14. The minimum atomic E-state index is -0.695. The first-order chi connectivity index (χ1) is 14.1. The third-order valence-corrected chi connectivity index (χ3v) is 5.48. The Balaban J connectivity index is 1.62. The van der Waals surface area contributed by atoms with Gasteiger partial charge in [0.1, 0.15) is 11.1 Å². The van der Waals surface area contributed by atoms with E-state index in [0.29, 0.717) is 18.3 Å². The molecule has 2 aromatic heterocycles. The predicted molar refractivity (Wildman–Crippen MR) is 108 cm³/mol. The Morgan fingerprint density at radius 2 is 1.90 bits per heavy atom. The van der Waals surface area contributed by atoms with E-state index >= 15 is 0 Å². The van der Waals surface area contributed by atoms with Crippen molar-refractivity contribution >= 4 is 5.91 Å². The van der Waals surface area contributed by atoms with Crippen molar-refractivity contribution in [3.8, 4) is 0 Å². The summed E-state index contributed by atoms with van der Waals surface area (Å²) in [4.78, 5) is 30.4. The van der Waals surface area contributed by atoms with Crippen LogP contribution in [0.2, 0.25) is 0 Å². The SMILES string of the molecule is Cc1nc(C2(NC(=O)c3cccn(Cc4ccccc4)c3=O)CCCCC2)no1. The Morgan fingerprint density at radius 1 is 1.14 bits per heavy atom. The molecule has 0 atom stereocenters. The van der Waals surface area contributed by atoms with Gasteiger partial charge >= 0.3 is 0 Å². The molecule has 7 nitrogen and oxygen atoms in total. The smallest absolute Gasteiger partial charge is 0.263 e. The molecule has 29 heavy (non-hydrogen) atoms. The second-order valence-electron chi connectivity index (χ2n) is 7.57. The number of aromatic nitrogens is 3. The summed E-state index contributed by atoms with van der Waals surface area (Å²) < 4.78 is 6.71. The van der Waals surface area contributed by atoms with Crippen LogP contribution in [0.3, 0.4) is 0 Å². The zero-order chi connectivity index (χ0) is 20.3. The van der Waals surface area contributed by atoms with Gasteiger partial charge in [0.15, 0.2) is 5.82 Å². The van der Waals surface area contributed by atoms with Gasteiger partial charge in [-0.1, -0.05) is 54.8 Å². The number of nitrogens with zero attached hydrogens (tertiary/aromatic N) is 3. The number of benzene rings is 1. The molecular weight excluding hydrogens is 368 g/mol. The summed E-state index contributed by atoms with van der Waals surface area (Å²) in [5.41, 5.74) is 0.107. The van der Waals surface area contributed by atoms with Gasteiger partial charge in [-0.05, 0) is 30.5 Å². The highest BCUT2D eigenvalue weighted by atomic mass is 16.5. The topological polar surface area (TPSA) is 90.0 Å². The summed E-state index contributed by atoms with van der Waals surface area (Å²) >= 11 is 0. The van der Waals surface area contributed by atoms with Gasteiger partial charge in [-0.2, -0.15) is 4.98 Å². The Bertz CT molecular complexity index is 1050. The lowest BCUT2D eigenvalue weighted by Crippen LogP contribution is -2.49. The molecule has 2 heterocycles. The lowest BCUT2D eigenvalue weighted by atomic mass is 9.80. The van der Waals surface area contributed by atoms with Gasteiger partial charge in [-0.15, -0.1) is 0 Å². The standard InChI is InChI=1S/C22H24N4O3/c1-16-23-21(25-29-16)22(12-6-3-7-13-22)24-19(27)18-11-8-14-26(20(18)28)15-17-9-4-2-5-10-17/h2,4-5,8-11,14H,3,6-7,12-13,15H2,1H3,(H,24,27). The number of pyridine rings is 1. The highest BCUT2D eigenvalue weighted by Gasteiger charge is 2.40. The maximum atomic E-state index is 13.1. The Kier molecular flexibility index (Phi) is 5.29. The molecule has 1 fully saturated rings. The largest absolute Gasteiger partial charge is 0.340 e. The third kappa shape index (κ3) is 3.99. The predicted octanol–water partition coefficient (Wildman–Crippen LogP) is 3.18. The normalized spacial score (nSPS) is 15.8. The first kappa shape index (κ1) is 19.1. The van der Waals surface area contributed by atoms with Crippen molar-refractivity contribution in [2.45, 2.75) is 51.1 Å². The Hall–Kier alpha value is -3.22. The molecule has 7 heteroatoms. The van der Waals surface area contributed by atoms with Crippen LogP contribution in [-0.2, 0) is 12.1 Å². The van der Waals surface area contributed by atoms with Crippen molar-refractivity contribution in [1.82, 2.24) is 20.0 Å². The number of hydrogen-bond acceptors (Lipinski definition) is 5. The number of aryl methyl sites for hydroxylation is 1. The summed E-state index contributed by atoms with van der Waals surface area (Å²) in [6, 6.07) is 13.0. The highest BCUT2D eigenvalue weighted by Crippen LogP contribution is 2.35. The van der Waals surface area contributed by atoms with E-state index in [1.165, 1.54) is 0 Å². The van der Waals surface area contributed by atoms with Crippen molar-refractivity contribution in [1.29, 1.82) is 0 Å². The molecule has 1 aromatic carbocycles. The minimum Gasteiger partial charge on any atom is -0.340 e. The van der Waals surface area contributed by atoms with Crippen molar-refractivity contribution < 1.29 is 9.32 Å². The monoisotopic (exact) mass is 392 g/mol. The van der Waals surface area contributed by atoms with E-state index in [-0.39, 0.29) is 11.1 Å². The van der Waals surface area contributed by atoms with E-state index in [4.69, 9.17) is 4.52 Å². The van der Waals surface area contributed by atoms with E-state index in [1.807, 2.05) is 30.3 Å². The van der Waals surface area contributed by atoms with Crippen molar-refractivity contribution in [3.63, 3.8) is 0 Å². The second kappa shape index (κ2) is 8.03. The number of rotatable bonds is 5. The quantitative estimate of drug-likeness (QED) is 0.720. The number of carbonyl (C=O) groups excluding carboxylic acids is 1. The Labute approximate surface area is 168 Å². The van der Waals surface area contributed by atoms with Gasteiger partial charge in [0.05, 0.1) is 6.54 Å². The summed E-state index contributed by atoms with van der Waals surface area (Å²) in [7, 11) is 0. The summed E-state index contributed by atoms with van der Waals surface area (Å²) in [5, 5.41) is 7.14. The fourth-order valence-electron chi connectivity index (χ4n) is 3.95. The summed E-state index contributed by atoms with van der Waals surface area (Å²) in [6.07, 6.45) is 6.17. The van der Waals surface area contributed by atoms with Crippen LogP contribution in [0.4, 0.5) is 0 Å². The molecule has 4 rings (SSSR count). The molecule has 150 valence electrons. The van der Waals surface area contributed by atoms with Crippen LogP contribution in [0.5, 0.6) is 0 Å². The van der Waals surface area contributed by atoms with Crippen molar-refractivity contribution in [2.24, 2.45) is 0 Å². The van der Waals surface area contributed by atoms with Crippen LogP contribution in [0, 0.1) is 6.92 Å². The van der Waals surface area contributed by atoms with Crippen LogP contribution >= 0.6 is 0 Å². The fourth-order valence-corrected chi connectivity index (χ4v) is 3.95. The molecule has 1 aliphatic carbocycles. The molecule has 1 amide bonds. The van der Waals surface area contributed by atoms with Crippen molar-refractivity contribution in [3.05, 3.63) is 81.9 Å². The van der Waals surface area contributed by atoms with Gasteiger partial charge < -0.3 is 14.4 Å². The van der Waals surface area contributed by atoms with E-state index < -0.39 is 11.4 Å². The van der Waals surface area contributed by atoms with Gasteiger partial charge in [0, 0.05) is 13.1 Å². The van der Waals surface area contributed by atoms with E-state index in [1.54, 1.807) is 29.8 Å². The average Bonchev–Trinajstić information content (AvgIpc) is 3.18.